The molecule has 0 saturated carbocycles. The zero-order valence-electron chi connectivity index (χ0n) is 13.8. The van der Waals surface area contributed by atoms with Crippen molar-refractivity contribution in [1.29, 1.82) is 5.26 Å². The predicted octanol–water partition coefficient (Wildman–Crippen LogP) is 2.07. The predicted molar refractivity (Wildman–Crippen MR) is 84.7 cm³/mol. The van der Waals surface area contributed by atoms with Crippen molar-refractivity contribution in [2.24, 2.45) is 0 Å². The van der Waals surface area contributed by atoms with Crippen LogP contribution in [-0.2, 0) is 0 Å². The largest absolute Gasteiger partial charge is 0.301 e. The lowest BCUT2D eigenvalue weighted by Crippen LogP contribution is -2.51. The van der Waals surface area contributed by atoms with Gasteiger partial charge in [-0.2, -0.15) is 5.26 Å². The van der Waals surface area contributed by atoms with Crippen molar-refractivity contribution in [1.82, 2.24) is 15.1 Å². The van der Waals surface area contributed by atoms with Gasteiger partial charge < -0.3 is 9.80 Å². The second kappa shape index (κ2) is 8.61. The van der Waals surface area contributed by atoms with Crippen LogP contribution in [0.5, 0.6) is 0 Å². The molecule has 0 aliphatic carbocycles. The van der Waals surface area contributed by atoms with Crippen LogP contribution in [0.1, 0.15) is 46.5 Å². The van der Waals surface area contributed by atoms with E-state index in [0.29, 0.717) is 0 Å². The van der Waals surface area contributed by atoms with E-state index >= 15 is 0 Å². The van der Waals surface area contributed by atoms with Gasteiger partial charge in [-0.3, -0.25) is 5.32 Å². The summed E-state index contributed by atoms with van der Waals surface area (Å²) in [6.07, 6.45) is 4.51. The van der Waals surface area contributed by atoms with Crippen molar-refractivity contribution in [3.63, 3.8) is 0 Å². The number of nitrogens with zero attached hydrogens (tertiary/aromatic N) is 3. The van der Waals surface area contributed by atoms with Gasteiger partial charge in [0.2, 0.25) is 0 Å². The van der Waals surface area contributed by atoms with Gasteiger partial charge in [-0.15, -0.1) is 0 Å². The van der Waals surface area contributed by atoms with E-state index in [1.807, 2.05) is 6.92 Å². The molecule has 0 amide bonds. The van der Waals surface area contributed by atoms with Crippen LogP contribution >= 0.6 is 0 Å². The smallest absolute Gasteiger partial charge is 0.103 e. The zero-order chi connectivity index (χ0) is 15.0. The number of piperazine rings is 1. The fraction of sp³-hybridized carbons (Fsp3) is 0.938. The van der Waals surface area contributed by atoms with Crippen LogP contribution in [0.4, 0.5) is 0 Å². The van der Waals surface area contributed by atoms with Crippen molar-refractivity contribution in [2.75, 3.05) is 39.8 Å². The van der Waals surface area contributed by atoms with E-state index < -0.39 is 0 Å². The number of nitrogens with one attached hydrogen (secondary N) is 1. The van der Waals surface area contributed by atoms with Crippen LogP contribution < -0.4 is 5.32 Å². The molecule has 1 aliphatic rings. The van der Waals surface area contributed by atoms with Crippen LogP contribution in [0.25, 0.3) is 0 Å². The van der Waals surface area contributed by atoms with Gasteiger partial charge in [0, 0.05) is 25.7 Å². The summed E-state index contributed by atoms with van der Waals surface area (Å²) in [6, 6.07) is 3.13. The molecule has 0 aromatic heterocycles. The SMILES string of the molecule is CCNC(C)(C#N)CCCCN1CCN(C)C(CC)C1. The molecule has 0 aromatic carbocycles. The quantitative estimate of drug-likeness (QED) is 0.691. The first-order valence-corrected chi connectivity index (χ1v) is 8.13. The third kappa shape index (κ3) is 5.40. The highest BCUT2D eigenvalue weighted by atomic mass is 15.3. The summed E-state index contributed by atoms with van der Waals surface area (Å²) >= 11 is 0. The third-order valence-corrected chi connectivity index (χ3v) is 4.55. The van der Waals surface area contributed by atoms with Crippen molar-refractivity contribution in [2.45, 2.75) is 58.0 Å². The molecule has 2 unspecified atom stereocenters. The second-order valence-electron chi connectivity index (χ2n) is 6.27. The lowest BCUT2D eigenvalue weighted by molar-refractivity contribution is 0.0916. The van der Waals surface area contributed by atoms with Crippen molar-refractivity contribution < 1.29 is 0 Å². The molecule has 1 aliphatic heterocycles. The van der Waals surface area contributed by atoms with Gasteiger partial charge >= 0.3 is 0 Å². The number of rotatable bonds is 8. The molecular weight excluding hydrogens is 248 g/mol. The van der Waals surface area contributed by atoms with Gasteiger partial charge in [-0.25, -0.2) is 0 Å². The molecule has 1 rings (SSSR count). The number of hydrogen-bond acceptors (Lipinski definition) is 4. The highest BCUT2D eigenvalue weighted by Gasteiger charge is 2.24. The standard InChI is InChI=1S/C16H32N4/c1-5-15-13-20(12-11-19(15)4)10-8-7-9-16(3,14-17)18-6-2/h15,18H,5-13H2,1-4H3. The molecule has 0 bridgehead atoms. The summed E-state index contributed by atoms with van der Waals surface area (Å²) in [4.78, 5) is 5.07. The van der Waals surface area contributed by atoms with Crippen LogP contribution in [0, 0.1) is 11.3 Å². The van der Waals surface area contributed by atoms with E-state index in [9.17, 15) is 5.26 Å². The molecule has 2 atom stereocenters. The minimum Gasteiger partial charge on any atom is -0.301 e. The topological polar surface area (TPSA) is 42.3 Å². The summed E-state index contributed by atoms with van der Waals surface area (Å²) in [5.41, 5.74) is -0.344. The Labute approximate surface area is 125 Å². The Bertz CT molecular complexity index is 312. The van der Waals surface area contributed by atoms with Crippen LogP contribution in [-0.4, -0.2) is 61.2 Å². The van der Waals surface area contributed by atoms with Crippen LogP contribution in [0.3, 0.4) is 0 Å². The Hall–Kier alpha value is -0.630. The first-order chi connectivity index (χ1) is 9.54. The molecular formula is C16H32N4. The maximum atomic E-state index is 9.23. The van der Waals surface area contributed by atoms with Crippen LogP contribution in [0.15, 0.2) is 0 Å². The molecule has 4 heteroatoms. The molecule has 0 spiro atoms. The Morgan fingerprint density at radius 3 is 2.65 bits per heavy atom. The summed E-state index contributed by atoms with van der Waals surface area (Å²) in [6.45, 7) is 12.0. The maximum Gasteiger partial charge on any atom is 0.103 e. The van der Waals surface area contributed by atoms with Crippen molar-refractivity contribution in [3.8, 4) is 6.07 Å². The highest BCUT2D eigenvalue weighted by Crippen LogP contribution is 2.15. The summed E-state index contributed by atoms with van der Waals surface area (Å²) < 4.78 is 0. The lowest BCUT2D eigenvalue weighted by Gasteiger charge is -2.39. The second-order valence-corrected chi connectivity index (χ2v) is 6.27. The van der Waals surface area contributed by atoms with Gasteiger partial charge in [0.15, 0.2) is 0 Å². The van der Waals surface area contributed by atoms with Gasteiger partial charge in [-0.1, -0.05) is 13.8 Å². The third-order valence-electron chi connectivity index (χ3n) is 4.55. The van der Waals surface area contributed by atoms with Gasteiger partial charge in [-0.05, 0) is 52.7 Å². The van der Waals surface area contributed by atoms with E-state index in [2.05, 4.69) is 42.1 Å². The minimum absolute atomic E-state index is 0.344. The number of hydrogen-bond donors (Lipinski definition) is 1. The number of nitriles is 1. The first kappa shape index (κ1) is 17.4. The Balaban J connectivity index is 2.23. The molecule has 0 radical (unpaired) electrons. The van der Waals surface area contributed by atoms with E-state index in [1.54, 1.807) is 0 Å². The van der Waals surface area contributed by atoms with E-state index in [-0.39, 0.29) is 5.54 Å². The average molecular weight is 280 g/mol. The van der Waals surface area contributed by atoms with Gasteiger partial charge in [0.25, 0.3) is 0 Å². The number of likely N-dealkylation sites (N-methyl/N-ethyl adjacent to an activating group) is 1. The fourth-order valence-electron chi connectivity index (χ4n) is 3.04. The molecule has 20 heavy (non-hydrogen) atoms. The van der Waals surface area contributed by atoms with Gasteiger partial charge in [0.1, 0.15) is 5.54 Å². The Morgan fingerprint density at radius 2 is 2.05 bits per heavy atom. The normalized spacial score (nSPS) is 24.2. The zero-order valence-corrected chi connectivity index (χ0v) is 13.8. The van der Waals surface area contributed by atoms with Crippen molar-refractivity contribution >= 4 is 0 Å². The monoisotopic (exact) mass is 280 g/mol. The fourth-order valence-corrected chi connectivity index (χ4v) is 3.04. The molecule has 1 saturated heterocycles. The number of unbranched alkanes of at least 4 members (excludes halogenated alkanes) is 1. The average Bonchev–Trinajstić information content (AvgIpc) is 2.45. The van der Waals surface area contributed by atoms with E-state index in [0.717, 1.165) is 25.4 Å². The van der Waals surface area contributed by atoms with Crippen molar-refractivity contribution in [3.05, 3.63) is 0 Å². The maximum absolute atomic E-state index is 9.23. The lowest BCUT2D eigenvalue weighted by atomic mass is 9.96. The summed E-state index contributed by atoms with van der Waals surface area (Å²) in [5.74, 6) is 0. The summed E-state index contributed by atoms with van der Waals surface area (Å²) in [7, 11) is 2.24. The van der Waals surface area contributed by atoms with Gasteiger partial charge in [0.05, 0.1) is 6.07 Å². The molecule has 1 N–H and O–H groups in total. The van der Waals surface area contributed by atoms with E-state index in [4.69, 9.17) is 0 Å². The van der Waals surface area contributed by atoms with Crippen LogP contribution in [0.2, 0.25) is 0 Å². The molecule has 1 heterocycles. The first-order valence-electron chi connectivity index (χ1n) is 8.13. The van der Waals surface area contributed by atoms with E-state index in [1.165, 1.54) is 39.0 Å². The highest BCUT2D eigenvalue weighted by molar-refractivity contribution is 5.03. The Kier molecular flexibility index (Phi) is 7.50. The molecule has 1 fully saturated rings. The molecule has 0 aromatic rings. The summed E-state index contributed by atoms with van der Waals surface area (Å²) in [5, 5.41) is 12.5. The minimum atomic E-state index is -0.344. The molecule has 4 nitrogen and oxygen atoms in total. The molecule has 116 valence electrons. The Morgan fingerprint density at radius 1 is 1.30 bits per heavy atom.